The van der Waals surface area contributed by atoms with Crippen molar-refractivity contribution < 1.29 is 14.4 Å². The summed E-state index contributed by atoms with van der Waals surface area (Å²) >= 11 is 13.4. The summed E-state index contributed by atoms with van der Waals surface area (Å²) in [5, 5.41) is 8.84. The van der Waals surface area contributed by atoms with Gasteiger partial charge in [0.15, 0.2) is 5.13 Å². The number of fused-ring (bicyclic) bond motifs is 2. The lowest BCUT2D eigenvalue weighted by Crippen LogP contribution is -2.45. The molecule has 12 heteroatoms. The molecular formula is C19H20Cl2N6O3S. The number of amides is 5. The molecule has 1 aromatic heterocycles. The Balaban J connectivity index is 1.54. The highest BCUT2D eigenvalue weighted by Gasteiger charge is 2.50. The molecule has 31 heavy (non-hydrogen) atoms. The molecule has 0 saturated carbocycles. The van der Waals surface area contributed by atoms with Crippen molar-refractivity contribution in [2.24, 2.45) is 0 Å². The number of rotatable bonds is 3. The van der Waals surface area contributed by atoms with E-state index in [1.807, 2.05) is 12.1 Å². The summed E-state index contributed by atoms with van der Waals surface area (Å²) < 4.78 is 0.481. The topological polar surface area (TPSA) is 107 Å². The lowest BCUT2D eigenvalue weighted by atomic mass is 9.81. The van der Waals surface area contributed by atoms with E-state index in [1.54, 1.807) is 15.9 Å². The Kier molecular flexibility index (Phi) is 5.96. The van der Waals surface area contributed by atoms with Crippen LogP contribution in [0, 0.1) is 0 Å². The molecule has 1 fully saturated rings. The summed E-state index contributed by atoms with van der Waals surface area (Å²) in [7, 11) is 1.51. The van der Waals surface area contributed by atoms with E-state index in [0.717, 1.165) is 11.3 Å². The fraction of sp³-hybridized carbons (Fsp3) is 0.368. The van der Waals surface area contributed by atoms with Crippen LogP contribution >= 0.6 is 34.5 Å². The number of hydrogen-bond donors (Lipinski definition) is 3. The van der Waals surface area contributed by atoms with Gasteiger partial charge in [-0.15, -0.1) is 0 Å². The SMILES string of the molecule is CNC(=O)CNC(=O)N1CCC2(C1)CN(C(=O)Nc1ncc(Cl)s1)c1ccc(Cl)cc12. The molecule has 5 amide bonds. The number of hydrogen-bond acceptors (Lipinski definition) is 5. The molecule has 2 aliphatic heterocycles. The van der Waals surface area contributed by atoms with Gasteiger partial charge in [0.1, 0.15) is 4.34 Å². The lowest BCUT2D eigenvalue weighted by Gasteiger charge is -2.26. The van der Waals surface area contributed by atoms with E-state index in [1.165, 1.54) is 24.6 Å². The van der Waals surface area contributed by atoms with Crippen LogP contribution in [-0.4, -0.2) is 61.1 Å². The van der Waals surface area contributed by atoms with Gasteiger partial charge < -0.3 is 15.5 Å². The second-order valence-corrected chi connectivity index (χ2v) is 9.53. The molecule has 3 N–H and O–H groups in total. The van der Waals surface area contributed by atoms with Crippen molar-refractivity contribution in [2.75, 3.05) is 43.4 Å². The number of nitrogens with zero attached hydrogens (tertiary/aromatic N) is 3. The first-order valence-electron chi connectivity index (χ1n) is 9.54. The van der Waals surface area contributed by atoms with Crippen LogP contribution in [0.5, 0.6) is 0 Å². The molecule has 1 spiro atoms. The van der Waals surface area contributed by atoms with E-state index in [-0.39, 0.29) is 24.5 Å². The molecule has 9 nitrogen and oxygen atoms in total. The van der Waals surface area contributed by atoms with Crippen molar-refractivity contribution in [3.05, 3.63) is 39.3 Å². The molecule has 2 aromatic rings. The minimum Gasteiger partial charge on any atom is -0.358 e. The maximum atomic E-state index is 13.0. The highest BCUT2D eigenvalue weighted by molar-refractivity contribution is 7.19. The van der Waals surface area contributed by atoms with Gasteiger partial charge in [0.2, 0.25) is 5.91 Å². The zero-order valence-corrected chi connectivity index (χ0v) is 18.9. The van der Waals surface area contributed by atoms with Gasteiger partial charge in [-0.05, 0) is 30.2 Å². The van der Waals surface area contributed by atoms with Gasteiger partial charge in [-0.25, -0.2) is 14.6 Å². The van der Waals surface area contributed by atoms with Crippen molar-refractivity contribution in [1.29, 1.82) is 0 Å². The second kappa shape index (κ2) is 8.52. The second-order valence-electron chi connectivity index (χ2n) is 7.43. The fourth-order valence-electron chi connectivity index (χ4n) is 4.04. The zero-order valence-electron chi connectivity index (χ0n) is 16.6. The molecule has 0 bridgehead atoms. The minimum atomic E-state index is -0.442. The lowest BCUT2D eigenvalue weighted by molar-refractivity contribution is -0.119. The van der Waals surface area contributed by atoms with E-state index in [9.17, 15) is 14.4 Å². The number of carbonyl (C=O) groups excluding carboxylic acids is 3. The third-order valence-electron chi connectivity index (χ3n) is 5.54. The third-order valence-corrected chi connectivity index (χ3v) is 6.80. The molecule has 164 valence electrons. The summed E-state index contributed by atoms with van der Waals surface area (Å²) in [5.74, 6) is -0.273. The highest BCUT2D eigenvalue weighted by Crippen LogP contribution is 2.47. The van der Waals surface area contributed by atoms with Crippen LogP contribution in [0.25, 0.3) is 0 Å². The van der Waals surface area contributed by atoms with Gasteiger partial charge in [0.05, 0.1) is 12.7 Å². The molecule has 0 radical (unpaired) electrons. The molecule has 1 atom stereocenters. The van der Waals surface area contributed by atoms with Crippen molar-refractivity contribution in [3.63, 3.8) is 0 Å². The van der Waals surface area contributed by atoms with Gasteiger partial charge in [0.25, 0.3) is 0 Å². The number of carbonyl (C=O) groups is 3. The van der Waals surface area contributed by atoms with E-state index in [2.05, 4.69) is 20.9 Å². The van der Waals surface area contributed by atoms with Crippen LogP contribution in [-0.2, 0) is 10.2 Å². The monoisotopic (exact) mass is 482 g/mol. The Bertz CT molecular complexity index is 1050. The number of likely N-dealkylation sites (tertiary alicyclic amines) is 1. The van der Waals surface area contributed by atoms with Crippen LogP contribution in [0.2, 0.25) is 9.36 Å². The van der Waals surface area contributed by atoms with E-state index in [0.29, 0.717) is 40.5 Å². The molecule has 4 rings (SSSR count). The van der Waals surface area contributed by atoms with Crippen LogP contribution in [0.15, 0.2) is 24.4 Å². The minimum absolute atomic E-state index is 0.0911. The molecular weight excluding hydrogens is 463 g/mol. The number of thiazole rings is 1. The van der Waals surface area contributed by atoms with E-state index >= 15 is 0 Å². The van der Waals surface area contributed by atoms with Gasteiger partial charge in [-0.1, -0.05) is 34.5 Å². The average Bonchev–Trinajstić information content (AvgIpc) is 3.44. The number of aromatic nitrogens is 1. The number of urea groups is 2. The maximum absolute atomic E-state index is 13.0. The first-order valence-corrected chi connectivity index (χ1v) is 11.1. The Morgan fingerprint density at radius 1 is 1.23 bits per heavy atom. The van der Waals surface area contributed by atoms with Gasteiger partial charge in [-0.2, -0.15) is 0 Å². The van der Waals surface area contributed by atoms with Crippen LogP contribution < -0.4 is 20.9 Å². The number of nitrogens with one attached hydrogen (secondary N) is 3. The maximum Gasteiger partial charge on any atom is 0.328 e. The Hall–Kier alpha value is -2.56. The van der Waals surface area contributed by atoms with Crippen LogP contribution in [0.1, 0.15) is 12.0 Å². The van der Waals surface area contributed by atoms with Crippen molar-refractivity contribution in [3.8, 4) is 0 Å². The quantitative estimate of drug-likeness (QED) is 0.624. The largest absolute Gasteiger partial charge is 0.358 e. The van der Waals surface area contributed by atoms with Gasteiger partial charge in [-0.3, -0.25) is 15.0 Å². The van der Waals surface area contributed by atoms with E-state index < -0.39 is 5.41 Å². The van der Waals surface area contributed by atoms with Crippen LogP contribution in [0.4, 0.5) is 20.4 Å². The smallest absolute Gasteiger partial charge is 0.328 e. The average molecular weight is 483 g/mol. The normalized spacial score (nSPS) is 19.5. The summed E-state index contributed by atoms with van der Waals surface area (Å²) in [6.45, 7) is 1.22. The molecule has 0 aliphatic carbocycles. The Morgan fingerprint density at radius 2 is 2.03 bits per heavy atom. The van der Waals surface area contributed by atoms with Crippen molar-refractivity contribution in [1.82, 2.24) is 20.5 Å². The summed E-state index contributed by atoms with van der Waals surface area (Å²) in [6.07, 6.45) is 2.15. The molecule has 1 unspecified atom stereocenters. The number of halogens is 2. The summed E-state index contributed by atoms with van der Waals surface area (Å²) in [6, 6.07) is 4.77. The summed E-state index contributed by atoms with van der Waals surface area (Å²) in [5.41, 5.74) is 1.23. The first-order chi connectivity index (χ1) is 14.8. The van der Waals surface area contributed by atoms with Crippen molar-refractivity contribution in [2.45, 2.75) is 11.8 Å². The predicted molar refractivity (Wildman–Crippen MR) is 120 cm³/mol. The molecule has 1 aromatic carbocycles. The Morgan fingerprint density at radius 3 is 2.74 bits per heavy atom. The Labute approximate surface area is 192 Å². The molecule has 2 aliphatic rings. The standard InChI is InChI=1S/C19H20Cl2N6O3S/c1-22-15(28)8-24-17(29)26-5-4-19(9-26)10-27(13-3-2-11(20)6-12(13)19)18(30)25-16-23-7-14(21)31-16/h2-3,6-7H,4-5,8-10H2,1H3,(H,22,28)(H,24,29)(H,23,25,30). The number of likely N-dealkylation sites (N-methyl/N-ethyl adjacent to an activating group) is 1. The molecule has 1 saturated heterocycles. The number of benzene rings is 1. The predicted octanol–water partition coefficient (Wildman–Crippen LogP) is 2.90. The van der Waals surface area contributed by atoms with Crippen molar-refractivity contribution >= 4 is 63.3 Å². The first kappa shape index (κ1) is 21.7. The summed E-state index contributed by atoms with van der Waals surface area (Å²) in [4.78, 5) is 44.4. The third kappa shape index (κ3) is 4.28. The zero-order chi connectivity index (χ0) is 22.2. The van der Waals surface area contributed by atoms with Gasteiger partial charge >= 0.3 is 12.1 Å². The molecule has 3 heterocycles. The van der Waals surface area contributed by atoms with Crippen LogP contribution in [0.3, 0.4) is 0 Å². The fourth-order valence-corrected chi connectivity index (χ4v) is 5.02. The van der Waals surface area contributed by atoms with Gasteiger partial charge in [0, 0.05) is 42.8 Å². The van der Waals surface area contributed by atoms with E-state index in [4.69, 9.17) is 23.2 Å². The highest BCUT2D eigenvalue weighted by atomic mass is 35.5. The number of anilines is 2.